The van der Waals surface area contributed by atoms with Gasteiger partial charge in [0, 0.05) is 49.2 Å². The second kappa shape index (κ2) is 9.32. The third-order valence-electron chi connectivity index (χ3n) is 5.95. The molecule has 4 rings (SSSR count). The quantitative estimate of drug-likeness (QED) is 0.685. The Balaban J connectivity index is 1.41. The Morgan fingerprint density at radius 3 is 2.65 bits per heavy atom. The van der Waals surface area contributed by atoms with Gasteiger partial charge >= 0.3 is 6.03 Å². The van der Waals surface area contributed by atoms with Gasteiger partial charge in [-0.05, 0) is 50.7 Å². The van der Waals surface area contributed by atoms with E-state index in [0.29, 0.717) is 29.0 Å². The first-order chi connectivity index (χ1) is 15.0. The lowest BCUT2D eigenvalue weighted by Gasteiger charge is -2.38. The van der Waals surface area contributed by atoms with Gasteiger partial charge in [-0.3, -0.25) is 4.79 Å². The molecule has 0 spiro atoms. The molecule has 8 heteroatoms. The minimum Gasteiger partial charge on any atom is -0.481 e. The van der Waals surface area contributed by atoms with Crippen molar-refractivity contribution in [1.29, 1.82) is 0 Å². The normalized spacial score (nSPS) is 16.6. The zero-order chi connectivity index (χ0) is 21.8. The molecule has 164 valence electrons. The van der Waals surface area contributed by atoms with Gasteiger partial charge in [-0.1, -0.05) is 12.1 Å². The van der Waals surface area contributed by atoms with Crippen LogP contribution in [0.4, 0.5) is 16.4 Å². The van der Waals surface area contributed by atoms with Crippen molar-refractivity contribution in [3.8, 4) is 5.88 Å². The van der Waals surface area contributed by atoms with E-state index in [1.807, 2.05) is 11.0 Å². The molecule has 1 aliphatic heterocycles. The fourth-order valence-corrected chi connectivity index (χ4v) is 3.96. The number of amides is 2. The molecule has 31 heavy (non-hydrogen) atoms. The van der Waals surface area contributed by atoms with Crippen LogP contribution in [0, 0.1) is 5.92 Å². The first kappa shape index (κ1) is 21.1. The number of Topliss-reactive ketones (excluding diaryl/α,β-unsaturated/α-hetero) is 1. The van der Waals surface area contributed by atoms with E-state index in [2.05, 4.69) is 20.2 Å². The van der Waals surface area contributed by atoms with E-state index in [1.54, 1.807) is 37.6 Å². The molecule has 1 aromatic heterocycles. The van der Waals surface area contributed by atoms with E-state index in [9.17, 15) is 9.59 Å². The molecule has 1 aliphatic carbocycles. The number of ketones is 1. The number of urea groups is 1. The molecule has 8 nitrogen and oxygen atoms in total. The zero-order valence-corrected chi connectivity index (χ0v) is 18.1. The van der Waals surface area contributed by atoms with Crippen molar-refractivity contribution < 1.29 is 14.3 Å². The van der Waals surface area contributed by atoms with Gasteiger partial charge in [-0.25, -0.2) is 9.78 Å². The van der Waals surface area contributed by atoms with Crippen molar-refractivity contribution in [1.82, 2.24) is 14.9 Å². The predicted molar refractivity (Wildman–Crippen MR) is 119 cm³/mol. The second-order valence-electron chi connectivity index (χ2n) is 8.28. The van der Waals surface area contributed by atoms with Crippen LogP contribution >= 0.6 is 0 Å². The fraction of sp³-hybridized carbons (Fsp3) is 0.478. The number of hydrogen-bond acceptors (Lipinski definition) is 6. The van der Waals surface area contributed by atoms with Gasteiger partial charge in [0.2, 0.25) is 11.8 Å². The van der Waals surface area contributed by atoms with Crippen molar-refractivity contribution in [3.05, 3.63) is 42.1 Å². The van der Waals surface area contributed by atoms with Gasteiger partial charge in [-0.15, -0.1) is 0 Å². The van der Waals surface area contributed by atoms with E-state index < -0.39 is 0 Å². The summed E-state index contributed by atoms with van der Waals surface area (Å²) >= 11 is 0. The number of nitrogens with zero attached hydrogens (tertiary/aromatic N) is 4. The van der Waals surface area contributed by atoms with Gasteiger partial charge in [0.25, 0.3) is 0 Å². The third kappa shape index (κ3) is 5.31. The maximum absolute atomic E-state index is 13.2. The fourth-order valence-electron chi connectivity index (χ4n) is 3.96. The van der Waals surface area contributed by atoms with E-state index in [1.165, 1.54) is 19.8 Å². The largest absolute Gasteiger partial charge is 0.481 e. The summed E-state index contributed by atoms with van der Waals surface area (Å²) in [5, 5.41) is 3.01. The minimum atomic E-state index is -0.0938. The van der Waals surface area contributed by atoms with E-state index in [4.69, 9.17) is 4.74 Å². The van der Waals surface area contributed by atoms with Crippen LogP contribution in [0.1, 0.15) is 43.0 Å². The first-order valence-electron chi connectivity index (χ1n) is 10.8. The number of methoxy groups -OCH3 is 1. The topological polar surface area (TPSA) is 87.7 Å². The summed E-state index contributed by atoms with van der Waals surface area (Å²) in [5.41, 5.74) is 1.25. The first-order valence-corrected chi connectivity index (χ1v) is 10.8. The van der Waals surface area contributed by atoms with Crippen molar-refractivity contribution >= 4 is 23.5 Å². The van der Waals surface area contributed by atoms with Crippen LogP contribution in [0.5, 0.6) is 5.88 Å². The predicted octanol–water partition coefficient (Wildman–Crippen LogP) is 3.60. The summed E-state index contributed by atoms with van der Waals surface area (Å²) in [7, 11) is 1.60. The molecule has 0 unspecified atom stereocenters. The molecule has 0 atom stereocenters. The average molecular weight is 424 g/mol. The van der Waals surface area contributed by atoms with Crippen LogP contribution in [0.3, 0.4) is 0 Å². The Morgan fingerprint density at radius 2 is 1.97 bits per heavy atom. The maximum Gasteiger partial charge on any atom is 0.322 e. The van der Waals surface area contributed by atoms with E-state index in [-0.39, 0.29) is 17.9 Å². The highest BCUT2D eigenvalue weighted by atomic mass is 16.5. The number of anilines is 2. The Labute approximate surface area is 182 Å². The molecule has 2 aliphatic rings. The van der Waals surface area contributed by atoms with E-state index in [0.717, 1.165) is 32.5 Å². The lowest BCUT2D eigenvalue weighted by molar-refractivity contribution is 0.101. The standard InChI is InChI=1S/C23H29N5O3/c1-16(29)18-4-3-5-19(14-18)25-23(30)28(15-17-6-7-17)20-9-12-27(13-10-20)22-24-11-8-21(26-22)31-2/h3-5,8,11,14,17,20H,6-7,9-10,12-13,15H2,1-2H3,(H,25,30). The van der Waals surface area contributed by atoms with Crippen molar-refractivity contribution in [2.24, 2.45) is 5.92 Å². The molecule has 2 fully saturated rings. The molecule has 2 amide bonds. The Bertz CT molecular complexity index is 938. The summed E-state index contributed by atoms with van der Waals surface area (Å²) in [5.74, 6) is 1.79. The molecule has 0 radical (unpaired) electrons. The number of carbonyl (C=O) groups excluding carboxylic acids is 2. The number of hydrogen-bond donors (Lipinski definition) is 1. The minimum absolute atomic E-state index is 0.0157. The van der Waals surface area contributed by atoms with Crippen LogP contribution in [-0.4, -0.2) is 59.5 Å². The summed E-state index contributed by atoms with van der Waals surface area (Å²) < 4.78 is 5.21. The summed E-state index contributed by atoms with van der Waals surface area (Å²) in [6.45, 7) is 3.87. The molecule has 0 bridgehead atoms. The molecule has 2 heterocycles. The van der Waals surface area contributed by atoms with Crippen molar-refractivity contribution in [3.63, 3.8) is 0 Å². The molecule has 1 saturated carbocycles. The number of rotatable bonds is 7. The zero-order valence-electron chi connectivity index (χ0n) is 18.1. The van der Waals surface area contributed by atoms with Crippen LogP contribution in [-0.2, 0) is 0 Å². The summed E-state index contributed by atoms with van der Waals surface area (Å²) in [6.07, 6.45) is 5.78. The van der Waals surface area contributed by atoms with Crippen LogP contribution in [0.15, 0.2) is 36.5 Å². The number of nitrogens with one attached hydrogen (secondary N) is 1. The lowest BCUT2D eigenvalue weighted by atomic mass is 10.0. The lowest BCUT2D eigenvalue weighted by Crippen LogP contribution is -2.50. The van der Waals surface area contributed by atoms with Gasteiger partial charge in [-0.2, -0.15) is 4.98 Å². The van der Waals surface area contributed by atoms with Crippen LogP contribution in [0.25, 0.3) is 0 Å². The van der Waals surface area contributed by atoms with Crippen molar-refractivity contribution in [2.45, 2.75) is 38.6 Å². The van der Waals surface area contributed by atoms with Crippen LogP contribution < -0.4 is 15.0 Å². The molecular weight excluding hydrogens is 394 g/mol. The monoisotopic (exact) mass is 423 g/mol. The highest BCUT2D eigenvalue weighted by molar-refractivity contribution is 5.96. The Kier molecular flexibility index (Phi) is 6.34. The highest BCUT2D eigenvalue weighted by Gasteiger charge is 2.33. The number of carbonyl (C=O) groups is 2. The maximum atomic E-state index is 13.2. The van der Waals surface area contributed by atoms with Crippen LogP contribution in [0.2, 0.25) is 0 Å². The van der Waals surface area contributed by atoms with Crippen molar-refractivity contribution in [2.75, 3.05) is 37.0 Å². The number of piperidine rings is 1. The van der Waals surface area contributed by atoms with Gasteiger partial charge in [0.15, 0.2) is 5.78 Å². The second-order valence-corrected chi connectivity index (χ2v) is 8.28. The van der Waals surface area contributed by atoms with Gasteiger partial charge < -0.3 is 19.9 Å². The SMILES string of the molecule is COc1ccnc(N2CCC(N(CC3CC3)C(=O)Nc3cccc(C(C)=O)c3)CC2)n1. The third-order valence-corrected chi connectivity index (χ3v) is 5.95. The number of benzene rings is 1. The molecule has 2 aromatic rings. The Morgan fingerprint density at radius 1 is 1.19 bits per heavy atom. The molecule has 1 N–H and O–H groups in total. The Hall–Kier alpha value is -3.16. The van der Waals surface area contributed by atoms with Gasteiger partial charge in [0.05, 0.1) is 7.11 Å². The smallest absolute Gasteiger partial charge is 0.322 e. The summed E-state index contributed by atoms with van der Waals surface area (Å²) in [4.78, 5) is 37.8. The number of aromatic nitrogens is 2. The molecular formula is C23H29N5O3. The summed E-state index contributed by atoms with van der Waals surface area (Å²) in [6, 6.07) is 8.92. The van der Waals surface area contributed by atoms with E-state index >= 15 is 0 Å². The highest BCUT2D eigenvalue weighted by Crippen LogP contribution is 2.32. The van der Waals surface area contributed by atoms with Gasteiger partial charge in [0.1, 0.15) is 0 Å². The molecule has 1 aromatic carbocycles. The molecule has 1 saturated heterocycles. The average Bonchev–Trinajstić information content (AvgIpc) is 3.62. The number of ether oxygens (including phenoxy) is 1.